The summed E-state index contributed by atoms with van der Waals surface area (Å²) in [5.74, 6) is 0.0643. The minimum absolute atomic E-state index is 0.0643. The predicted octanol–water partition coefficient (Wildman–Crippen LogP) is 4.57. The Bertz CT molecular complexity index is 485. The molecule has 1 aromatic rings. The maximum absolute atomic E-state index is 10.7. The quantitative estimate of drug-likeness (QED) is 0.745. The molecule has 0 radical (unpaired) electrons. The van der Waals surface area contributed by atoms with E-state index in [1.54, 1.807) is 0 Å². The van der Waals surface area contributed by atoms with Crippen LogP contribution >= 0.6 is 34.2 Å². The van der Waals surface area contributed by atoms with E-state index in [0.29, 0.717) is 5.02 Å². The molecular weight excluding hydrogens is 375 g/mol. The summed E-state index contributed by atoms with van der Waals surface area (Å²) in [4.78, 5) is 0. The highest BCUT2D eigenvalue weighted by Crippen LogP contribution is 2.48. The van der Waals surface area contributed by atoms with Crippen LogP contribution in [0, 0.1) is 9.49 Å². The van der Waals surface area contributed by atoms with Gasteiger partial charge in [-0.25, -0.2) is 0 Å². The topological polar surface area (TPSA) is 29.5 Å². The average molecular weight is 395 g/mol. The molecule has 0 amide bonds. The van der Waals surface area contributed by atoms with Gasteiger partial charge >= 0.3 is 0 Å². The minimum Gasteiger partial charge on any atom is -0.388 e. The van der Waals surface area contributed by atoms with Gasteiger partial charge in [-0.3, -0.25) is 0 Å². The van der Waals surface area contributed by atoms with E-state index in [1.165, 1.54) is 0 Å². The number of ether oxygens (including phenoxy) is 1. The van der Waals surface area contributed by atoms with Crippen molar-refractivity contribution in [1.29, 1.82) is 0 Å². The first-order valence-corrected chi connectivity index (χ1v) is 7.91. The van der Waals surface area contributed by atoms with E-state index >= 15 is 0 Å². The van der Waals surface area contributed by atoms with Gasteiger partial charge in [0.25, 0.3) is 0 Å². The zero-order valence-corrected chi connectivity index (χ0v) is 14.6. The van der Waals surface area contributed by atoms with E-state index in [4.69, 9.17) is 16.3 Å². The van der Waals surface area contributed by atoms with Crippen molar-refractivity contribution < 1.29 is 9.84 Å². The van der Waals surface area contributed by atoms with Crippen LogP contribution in [0.5, 0.6) is 0 Å². The molecule has 1 aliphatic heterocycles. The fourth-order valence-corrected chi connectivity index (χ4v) is 3.89. The zero-order chi connectivity index (χ0) is 14.4. The summed E-state index contributed by atoms with van der Waals surface area (Å²) in [5, 5.41) is 11.4. The van der Waals surface area contributed by atoms with Crippen molar-refractivity contribution in [3.8, 4) is 0 Å². The van der Waals surface area contributed by atoms with Crippen LogP contribution in [0.25, 0.3) is 0 Å². The van der Waals surface area contributed by atoms with Crippen LogP contribution < -0.4 is 0 Å². The summed E-state index contributed by atoms with van der Waals surface area (Å²) in [7, 11) is 0. The first-order valence-electron chi connectivity index (χ1n) is 6.45. The van der Waals surface area contributed by atoms with Gasteiger partial charge < -0.3 is 9.84 Å². The first-order chi connectivity index (χ1) is 8.62. The molecule has 1 aliphatic rings. The van der Waals surface area contributed by atoms with Gasteiger partial charge in [0, 0.05) is 14.5 Å². The lowest BCUT2D eigenvalue weighted by molar-refractivity contribution is -0.0881. The van der Waals surface area contributed by atoms with Gasteiger partial charge in [-0.15, -0.1) is 0 Å². The number of aliphatic hydroxyl groups is 1. The largest absolute Gasteiger partial charge is 0.388 e. The maximum atomic E-state index is 10.7. The third-order valence-corrected chi connectivity index (χ3v) is 5.02. The second-order valence-electron chi connectivity index (χ2n) is 6.39. The van der Waals surface area contributed by atoms with Gasteiger partial charge in [0.2, 0.25) is 0 Å². The van der Waals surface area contributed by atoms with Crippen LogP contribution in [0.2, 0.25) is 5.02 Å². The van der Waals surface area contributed by atoms with Gasteiger partial charge in [-0.1, -0.05) is 11.6 Å². The van der Waals surface area contributed by atoms with Crippen LogP contribution in [0.4, 0.5) is 0 Å². The third-order valence-electron chi connectivity index (χ3n) is 3.80. The van der Waals surface area contributed by atoms with Crippen molar-refractivity contribution in [3.63, 3.8) is 0 Å². The van der Waals surface area contributed by atoms with Gasteiger partial charge in [0.15, 0.2) is 0 Å². The third kappa shape index (κ3) is 3.26. The molecule has 2 atom stereocenters. The van der Waals surface area contributed by atoms with Crippen molar-refractivity contribution in [3.05, 3.63) is 32.4 Å². The molecule has 0 bridgehead atoms. The van der Waals surface area contributed by atoms with Gasteiger partial charge in [-0.05, 0) is 80.5 Å². The molecule has 0 saturated carbocycles. The second kappa shape index (κ2) is 5.17. The molecule has 2 unspecified atom stereocenters. The fraction of sp³-hybridized carbons (Fsp3) is 0.600. The summed E-state index contributed by atoms with van der Waals surface area (Å²) in [5.41, 5.74) is 0.362. The Labute approximate surface area is 133 Å². The monoisotopic (exact) mass is 394 g/mol. The molecule has 1 saturated heterocycles. The molecule has 106 valence electrons. The molecule has 2 rings (SSSR count). The van der Waals surface area contributed by atoms with Crippen LogP contribution in [-0.2, 0) is 4.74 Å². The highest BCUT2D eigenvalue weighted by atomic mass is 127. The Morgan fingerprint density at radius 3 is 2.53 bits per heavy atom. The van der Waals surface area contributed by atoms with Gasteiger partial charge in [-0.2, -0.15) is 0 Å². The van der Waals surface area contributed by atoms with Gasteiger partial charge in [0.05, 0.1) is 17.3 Å². The van der Waals surface area contributed by atoms with Crippen LogP contribution in [-0.4, -0.2) is 16.3 Å². The van der Waals surface area contributed by atoms with Crippen molar-refractivity contribution in [2.24, 2.45) is 5.92 Å². The second-order valence-corrected chi connectivity index (χ2v) is 7.99. The molecule has 0 aromatic heterocycles. The van der Waals surface area contributed by atoms with E-state index in [0.717, 1.165) is 15.6 Å². The van der Waals surface area contributed by atoms with Crippen molar-refractivity contribution >= 4 is 34.2 Å². The molecule has 1 aromatic carbocycles. The number of halogens is 2. The number of hydrogen-bond donors (Lipinski definition) is 1. The van der Waals surface area contributed by atoms with E-state index < -0.39 is 6.10 Å². The van der Waals surface area contributed by atoms with Crippen LogP contribution in [0.3, 0.4) is 0 Å². The van der Waals surface area contributed by atoms with Crippen LogP contribution in [0.15, 0.2) is 18.2 Å². The Hall–Kier alpha value is 0.160. The number of rotatable bonds is 2. The molecule has 19 heavy (non-hydrogen) atoms. The average Bonchev–Trinajstić information content (AvgIpc) is 2.49. The maximum Gasteiger partial charge on any atom is 0.0857 e. The van der Waals surface area contributed by atoms with E-state index in [1.807, 2.05) is 32.0 Å². The molecular formula is C15H20ClIO2. The van der Waals surface area contributed by atoms with Crippen LogP contribution in [0.1, 0.15) is 45.8 Å². The Morgan fingerprint density at radius 2 is 2.00 bits per heavy atom. The Morgan fingerprint density at radius 1 is 1.37 bits per heavy atom. The number of benzene rings is 1. The standard InChI is InChI=1S/C15H20ClIO2/c1-14(2)8-11(15(3,4)19-14)13(18)10-7-9(16)5-6-12(10)17/h5-7,11,13,18H,8H2,1-4H3. The lowest BCUT2D eigenvalue weighted by atomic mass is 9.80. The van der Waals surface area contributed by atoms with Crippen molar-refractivity contribution in [2.45, 2.75) is 51.4 Å². The minimum atomic E-state index is -0.553. The Balaban J connectivity index is 2.34. The lowest BCUT2D eigenvalue weighted by Gasteiger charge is -2.31. The van der Waals surface area contributed by atoms with E-state index in [-0.39, 0.29) is 17.1 Å². The summed E-state index contributed by atoms with van der Waals surface area (Å²) in [6, 6.07) is 5.64. The summed E-state index contributed by atoms with van der Waals surface area (Å²) >= 11 is 8.29. The van der Waals surface area contributed by atoms with Crippen molar-refractivity contribution in [2.75, 3.05) is 0 Å². The molecule has 4 heteroatoms. The highest BCUT2D eigenvalue weighted by Gasteiger charge is 2.49. The first kappa shape index (κ1) is 15.5. The zero-order valence-electron chi connectivity index (χ0n) is 11.7. The molecule has 1 heterocycles. The summed E-state index contributed by atoms with van der Waals surface area (Å²) in [6.45, 7) is 8.24. The Kier molecular flexibility index (Phi) is 4.23. The van der Waals surface area contributed by atoms with Gasteiger partial charge in [0.1, 0.15) is 0 Å². The number of hydrogen-bond acceptors (Lipinski definition) is 2. The van der Waals surface area contributed by atoms with E-state index in [2.05, 4.69) is 36.4 Å². The summed E-state index contributed by atoms with van der Waals surface area (Å²) < 4.78 is 7.10. The lowest BCUT2D eigenvalue weighted by Crippen LogP contribution is -2.32. The highest BCUT2D eigenvalue weighted by molar-refractivity contribution is 14.1. The summed E-state index contributed by atoms with van der Waals surface area (Å²) in [6.07, 6.45) is 0.284. The molecule has 0 spiro atoms. The molecule has 0 aliphatic carbocycles. The molecule has 1 fully saturated rings. The normalized spacial score (nSPS) is 26.4. The smallest absolute Gasteiger partial charge is 0.0857 e. The predicted molar refractivity (Wildman–Crippen MR) is 86.5 cm³/mol. The SMILES string of the molecule is CC1(C)CC(C(O)c2cc(Cl)ccc2I)C(C)(C)O1. The van der Waals surface area contributed by atoms with E-state index in [9.17, 15) is 5.11 Å². The fourth-order valence-electron chi connectivity index (χ4n) is 3.05. The molecule has 1 N–H and O–H groups in total. The number of aliphatic hydroxyl groups excluding tert-OH is 1. The van der Waals surface area contributed by atoms with Crippen molar-refractivity contribution in [1.82, 2.24) is 0 Å². The molecule has 2 nitrogen and oxygen atoms in total.